The molecular formula is C15H20N2O4S. The molecule has 1 heterocycles. The van der Waals surface area contributed by atoms with Gasteiger partial charge in [-0.25, -0.2) is 13.1 Å². The number of carbonyl (C=O) groups is 1. The second kappa shape index (κ2) is 7.04. The van der Waals surface area contributed by atoms with Gasteiger partial charge >= 0.3 is 0 Å². The van der Waals surface area contributed by atoms with E-state index < -0.39 is 10.0 Å². The van der Waals surface area contributed by atoms with Crippen LogP contribution in [0.2, 0.25) is 0 Å². The number of sulfonamides is 1. The summed E-state index contributed by atoms with van der Waals surface area (Å²) >= 11 is 0. The minimum atomic E-state index is -3.43. The molecule has 1 atom stereocenters. The fourth-order valence-electron chi connectivity index (χ4n) is 2.17. The average molecular weight is 324 g/mol. The molecule has 1 aromatic carbocycles. The Morgan fingerprint density at radius 2 is 2.05 bits per heavy atom. The predicted molar refractivity (Wildman–Crippen MR) is 83.7 cm³/mol. The van der Waals surface area contributed by atoms with Crippen LogP contribution >= 0.6 is 0 Å². The summed E-state index contributed by atoms with van der Waals surface area (Å²) < 4.78 is 30.9. The molecule has 0 radical (unpaired) electrons. The van der Waals surface area contributed by atoms with E-state index in [1.165, 1.54) is 25.3 Å². The molecule has 1 amide bonds. The molecule has 7 heteroatoms. The Morgan fingerprint density at radius 1 is 1.36 bits per heavy atom. The molecule has 1 unspecified atom stereocenters. The zero-order chi connectivity index (χ0) is 16.2. The van der Waals surface area contributed by atoms with Gasteiger partial charge in [0.05, 0.1) is 17.6 Å². The Bertz CT molecular complexity index is 653. The summed E-state index contributed by atoms with van der Waals surface area (Å²) in [6.07, 6.45) is 3.23. The highest BCUT2D eigenvalue weighted by molar-refractivity contribution is 7.89. The van der Waals surface area contributed by atoms with Crippen molar-refractivity contribution >= 4 is 22.0 Å². The first-order chi connectivity index (χ1) is 10.4. The Morgan fingerprint density at radius 3 is 2.64 bits per heavy atom. The molecular weight excluding hydrogens is 304 g/mol. The predicted octanol–water partition coefficient (Wildman–Crippen LogP) is 0.855. The van der Waals surface area contributed by atoms with Gasteiger partial charge < -0.3 is 9.64 Å². The van der Waals surface area contributed by atoms with Crippen molar-refractivity contribution in [2.45, 2.75) is 17.9 Å². The lowest BCUT2D eigenvalue weighted by Crippen LogP contribution is -2.43. The van der Waals surface area contributed by atoms with Gasteiger partial charge in [-0.1, -0.05) is 12.1 Å². The summed E-state index contributed by atoms with van der Waals surface area (Å²) in [5.74, 6) is -0.0675. The third kappa shape index (κ3) is 4.16. The van der Waals surface area contributed by atoms with Gasteiger partial charge in [0.2, 0.25) is 15.9 Å². The van der Waals surface area contributed by atoms with Crippen LogP contribution in [0, 0.1) is 0 Å². The number of hydrogen-bond acceptors (Lipinski definition) is 4. The summed E-state index contributed by atoms with van der Waals surface area (Å²) in [4.78, 5) is 14.0. The van der Waals surface area contributed by atoms with Crippen molar-refractivity contribution in [2.75, 3.05) is 26.7 Å². The van der Waals surface area contributed by atoms with Crippen LogP contribution in [0.4, 0.5) is 0 Å². The van der Waals surface area contributed by atoms with Crippen LogP contribution in [0.25, 0.3) is 6.08 Å². The first-order valence-corrected chi connectivity index (χ1v) is 8.53. The van der Waals surface area contributed by atoms with Crippen molar-refractivity contribution < 1.29 is 17.9 Å². The van der Waals surface area contributed by atoms with Crippen molar-refractivity contribution in [3.8, 4) is 0 Å². The van der Waals surface area contributed by atoms with Crippen LogP contribution in [0.3, 0.4) is 0 Å². The molecule has 1 saturated heterocycles. The van der Waals surface area contributed by atoms with Crippen molar-refractivity contribution in [1.82, 2.24) is 9.62 Å². The van der Waals surface area contributed by atoms with E-state index in [0.717, 1.165) is 5.56 Å². The molecule has 120 valence electrons. The molecule has 0 bridgehead atoms. The van der Waals surface area contributed by atoms with Crippen LogP contribution in [-0.2, 0) is 19.6 Å². The second-order valence-corrected chi connectivity index (χ2v) is 6.96. The van der Waals surface area contributed by atoms with Crippen molar-refractivity contribution in [3.05, 3.63) is 35.9 Å². The van der Waals surface area contributed by atoms with E-state index in [0.29, 0.717) is 19.7 Å². The Kier molecular flexibility index (Phi) is 5.33. The molecule has 1 N–H and O–H groups in total. The van der Waals surface area contributed by atoms with Gasteiger partial charge in [-0.15, -0.1) is 0 Å². The number of rotatable bonds is 4. The number of ether oxygens (including phenoxy) is 1. The SMILES string of the molecule is CNS(=O)(=O)c1ccc(/C=C/C(=O)N2CCOC(C)C2)cc1. The van der Waals surface area contributed by atoms with Gasteiger partial charge in [-0.05, 0) is 37.7 Å². The number of hydrogen-bond donors (Lipinski definition) is 1. The monoisotopic (exact) mass is 324 g/mol. The number of benzene rings is 1. The highest BCUT2D eigenvalue weighted by Crippen LogP contribution is 2.12. The fourth-order valence-corrected chi connectivity index (χ4v) is 2.90. The highest BCUT2D eigenvalue weighted by atomic mass is 32.2. The highest BCUT2D eigenvalue weighted by Gasteiger charge is 2.19. The molecule has 1 aliphatic rings. The number of nitrogens with zero attached hydrogens (tertiary/aromatic N) is 1. The van der Waals surface area contributed by atoms with Crippen LogP contribution in [0.15, 0.2) is 35.2 Å². The number of carbonyl (C=O) groups excluding carboxylic acids is 1. The first-order valence-electron chi connectivity index (χ1n) is 7.04. The van der Waals surface area contributed by atoms with Crippen molar-refractivity contribution in [1.29, 1.82) is 0 Å². The molecule has 22 heavy (non-hydrogen) atoms. The topological polar surface area (TPSA) is 75.7 Å². The van der Waals surface area contributed by atoms with Gasteiger partial charge in [0.15, 0.2) is 0 Å². The molecule has 0 saturated carbocycles. The van der Waals surface area contributed by atoms with Crippen LogP contribution in [-0.4, -0.2) is 52.1 Å². The third-order valence-corrected chi connectivity index (χ3v) is 4.86. The maximum Gasteiger partial charge on any atom is 0.246 e. The second-order valence-electron chi connectivity index (χ2n) is 5.08. The molecule has 1 aromatic rings. The molecule has 1 aliphatic heterocycles. The summed E-state index contributed by atoms with van der Waals surface area (Å²) in [6, 6.07) is 6.34. The normalized spacial score (nSPS) is 19.5. The van der Waals surface area contributed by atoms with E-state index in [4.69, 9.17) is 4.74 Å². The van der Waals surface area contributed by atoms with Crippen molar-refractivity contribution in [3.63, 3.8) is 0 Å². The van der Waals surface area contributed by atoms with E-state index in [-0.39, 0.29) is 16.9 Å². The maximum atomic E-state index is 12.1. The van der Waals surface area contributed by atoms with E-state index in [9.17, 15) is 13.2 Å². The lowest BCUT2D eigenvalue weighted by Gasteiger charge is -2.30. The lowest BCUT2D eigenvalue weighted by atomic mass is 10.2. The molecule has 0 spiro atoms. The smallest absolute Gasteiger partial charge is 0.246 e. The maximum absolute atomic E-state index is 12.1. The van der Waals surface area contributed by atoms with Gasteiger partial charge in [-0.3, -0.25) is 4.79 Å². The van der Waals surface area contributed by atoms with E-state index >= 15 is 0 Å². The molecule has 0 aromatic heterocycles. The van der Waals surface area contributed by atoms with E-state index in [2.05, 4.69) is 4.72 Å². The van der Waals surface area contributed by atoms with Crippen LogP contribution in [0.1, 0.15) is 12.5 Å². The molecule has 0 aliphatic carbocycles. The minimum absolute atomic E-state index is 0.0529. The van der Waals surface area contributed by atoms with E-state index in [1.54, 1.807) is 23.1 Å². The largest absolute Gasteiger partial charge is 0.375 e. The molecule has 6 nitrogen and oxygen atoms in total. The average Bonchev–Trinajstić information content (AvgIpc) is 2.53. The van der Waals surface area contributed by atoms with Gasteiger partial charge in [0.1, 0.15) is 0 Å². The Hall–Kier alpha value is -1.70. The first kappa shape index (κ1) is 16.7. The third-order valence-electron chi connectivity index (χ3n) is 3.43. The summed E-state index contributed by atoms with van der Waals surface area (Å²) in [7, 11) is -2.07. The summed E-state index contributed by atoms with van der Waals surface area (Å²) in [5.41, 5.74) is 0.768. The van der Waals surface area contributed by atoms with Crippen LogP contribution < -0.4 is 4.72 Å². The number of morpholine rings is 1. The quantitative estimate of drug-likeness (QED) is 0.833. The van der Waals surface area contributed by atoms with E-state index in [1.807, 2.05) is 6.92 Å². The van der Waals surface area contributed by atoms with Crippen molar-refractivity contribution in [2.24, 2.45) is 0 Å². The number of nitrogens with one attached hydrogen (secondary N) is 1. The van der Waals surface area contributed by atoms with Gasteiger partial charge in [-0.2, -0.15) is 0 Å². The van der Waals surface area contributed by atoms with Crippen LogP contribution in [0.5, 0.6) is 0 Å². The molecule has 2 rings (SSSR count). The number of amides is 1. The fraction of sp³-hybridized carbons (Fsp3) is 0.400. The Labute approximate surface area is 130 Å². The standard InChI is InChI=1S/C15H20N2O4S/c1-12-11-17(9-10-21-12)15(18)8-5-13-3-6-14(7-4-13)22(19,20)16-2/h3-8,12,16H,9-11H2,1-2H3/b8-5+. The minimum Gasteiger partial charge on any atom is -0.375 e. The summed E-state index contributed by atoms with van der Waals surface area (Å²) in [6.45, 7) is 3.66. The van der Waals surface area contributed by atoms with Gasteiger partial charge in [0.25, 0.3) is 0 Å². The lowest BCUT2D eigenvalue weighted by molar-refractivity contribution is -0.132. The summed E-state index contributed by atoms with van der Waals surface area (Å²) in [5, 5.41) is 0. The zero-order valence-corrected chi connectivity index (χ0v) is 13.5. The Balaban J connectivity index is 2.02. The molecule has 1 fully saturated rings. The zero-order valence-electron chi connectivity index (χ0n) is 12.7. The van der Waals surface area contributed by atoms with Gasteiger partial charge in [0, 0.05) is 19.2 Å².